The number of para-hydroxylation sites is 3. The summed E-state index contributed by atoms with van der Waals surface area (Å²) in [4.78, 5) is 13.3. The highest BCUT2D eigenvalue weighted by Gasteiger charge is 2.23. The minimum Gasteiger partial charge on any atom is -0.491 e. The third kappa shape index (κ3) is 11.6. The van der Waals surface area contributed by atoms with Crippen molar-refractivity contribution in [3.63, 3.8) is 0 Å². The van der Waals surface area contributed by atoms with Crippen LogP contribution in [0.2, 0.25) is 0 Å². The maximum absolute atomic E-state index is 13.3. The largest absolute Gasteiger partial charge is 0.491 e. The molecule has 0 aromatic heterocycles. The van der Waals surface area contributed by atoms with E-state index in [0.29, 0.717) is 116 Å². The number of hydrogen-bond acceptors (Lipinski definition) is 9. The maximum Gasteiger partial charge on any atom is 0.235 e. The maximum atomic E-state index is 13.3. The van der Waals surface area contributed by atoms with E-state index in [4.69, 9.17) is 44.3 Å². The smallest absolute Gasteiger partial charge is 0.235 e. The van der Waals surface area contributed by atoms with E-state index >= 15 is 0 Å². The monoisotopic (exact) mass is 764 g/mol. The molecular formula is C47H56O9. The van der Waals surface area contributed by atoms with Gasteiger partial charge in [0.15, 0.2) is 0 Å². The molecule has 9 nitrogen and oxygen atoms in total. The van der Waals surface area contributed by atoms with Gasteiger partial charge in [0.1, 0.15) is 49.4 Å². The number of ether oxygens (including phenoxy) is 8. The molecule has 4 aromatic carbocycles. The predicted octanol–water partition coefficient (Wildman–Crippen LogP) is 7.84. The molecule has 298 valence electrons. The first-order chi connectivity index (χ1) is 27.5. The van der Waals surface area contributed by atoms with Crippen LogP contribution in [0.15, 0.2) is 66.7 Å². The molecule has 0 fully saturated rings. The Bertz CT molecular complexity index is 1800. The summed E-state index contributed by atoms with van der Waals surface area (Å²) in [6.07, 6.45) is 7.64. The van der Waals surface area contributed by atoms with Gasteiger partial charge in [0.25, 0.3) is 0 Å². The highest BCUT2D eigenvalue weighted by atomic mass is 16.5. The molecule has 0 heterocycles. The Kier molecular flexibility index (Phi) is 17.1. The molecule has 1 aliphatic carbocycles. The Morgan fingerprint density at radius 1 is 0.464 bits per heavy atom. The fourth-order valence-electron chi connectivity index (χ4n) is 6.93. The topological polar surface area (TPSA) is 90.9 Å². The van der Waals surface area contributed by atoms with E-state index in [9.17, 15) is 4.79 Å². The fourth-order valence-corrected chi connectivity index (χ4v) is 6.93. The first kappa shape index (κ1) is 42.3. The second-order valence-electron chi connectivity index (χ2n) is 13.2. The van der Waals surface area contributed by atoms with Crippen molar-refractivity contribution in [2.24, 2.45) is 0 Å². The molecule has 0 aliphatic heterocycles. The summed E-state index contributed by atoms with van der Waals surface area (Å²) >= 11 is 0. The van der Waals surface area contributed by atoms with Crippen LogP contribution >= 0.6 is 0 Å². The van der Waals surface area contributed by atoms with Crippen LogP contribution in [-0.4, -0.2) is 85.1 Å². The summed E-state index contributed by atoms with van der Waals surface area (Å²) in [7, 11) is 0. The fraction of sp³-hybridized carbons (Fsp3) is 0.426. The van der Waals surface area contributed by atoms with E-state index in [1.165, 1.54) is 0 Å². The summed E-state index contributed by atoms with van der Waals surface area (Å²) in [6.45, 7) is 13.5. The average molecular weight is 765 g/mol. The van der Waals surface area contributed by atoms with Gasteiger partial charge in [0.2, 0.25) is 5.78 Å². The van der Waals surface area contributed by atoms with E-state index in [-0.39, 0.29) is 0 Å². The highest BCUT2D eigenvalue weighted by Crippen LogP contribution is 2.39. The van der Waals surface area contributed by atoms with Gasteiger partial charge in [-0.25, -0.2) is 0 Å². The average Bonchev–Trinajstić information content (AvgIpc) is 3.20. The number of rotatable bonds is 21. The molecule has 0 spiro atoms. The molecule has 0 radical (unpaired) electrons. The number of terminal acetylenes is 1. The molecular weight excluding hydrogens is 709 g/mol. The third-order valence-electron chi connectivity index (χ3n) is 9.41. The highest BCUT2D eigenvalue weighted by molar-refractivity contribution is 6.09. The van der Waals surface area contributed by atoms with Crippen molar-refractivity contribution in [1.29, 1.82) is 0 Å². The Balaban J connectivity index is 1.75. The summed E-state index contributed by atoms with van der Waals surface area (Å²) in [5.74, 6) is 4.95. The predicted molar refractivity (Wildman–Crippen MR) is 218 cm³/mol. The van der Waals surface area contributed by atoms with Crippen molar-refractivity contribution in [2.45, 2.75) is 53.4 Å². The lowest BCUT2D eigenvalue weighted by Gasteiger charge is -2.23. The van der Waals surface area contributed by atoms with Gasteiger partial charge in [-0.15, -0.1) is 6.42 Å². The van der Waals surface area contributed by atoms with Crippen LogP contribution in [-0.2, 0) is 44.6 Å². The molecule has 0 saturated heterocycles. The first-order valence-corrected chi connectivity index (χ1v) is 19.8. The first-order valence-electron chi connectivity index (χ1n) is 19.8. The number of carbonyl (C=O) groups excluding carboxylic acids is 1. The number of benzene rings is 4. The summed E-state index contributed by atoms with van der Waals surface area (Å²) in [5.41, 5.74) is 7.96. The Labute approximate surface area is 332 Å². The van der Waals surface area contributed by atoms with Crippen LogP contribution in [0.5, 0.6) is 23.0 Å². The van der Waals surface area contributed by atoms with E-state index in [1.807, 2.05) is 52.0 Å². The molecule has 0 amide bonds. The second kappa shape index (κ2) is 22.6. The van der Waals surface area contributed by atoms with Crippen LogP contribution in [0.3, 0.4) is 0 Å². The van der Waals surface area contributed by atoms with E-state index < -0.39 is 5.78 Å². The molecule has 0 saturated carbocycles. The van der Waals surface area contributed by atoms with Crippen molar-refractivity contribution in [1.82, 2.24) is 0 Å². The van der Waals surface area contributed by atoms with Crippen molar-refractivity contribution in [3.8, 4) is 35.3 Å². The lowest BCUT2D eigenvalue weighted by atomic mass is 9.90. The zero-order chi connectivity index (χ0) is 39.5. The normalized spacial score (nSPS) is 12.1. The lowest BCUT2D eigenvalue weighted by molar-refractivity contribution is 0.105. The quantitative estimate of drug-likeness (QED) is 0.0321. The summed E-state index contributed by atoms with van der Waals surface area (Å²) < 4.78 is 49.1. The minimum absolute atomic E-state index is 0.326. The molecule has 56 heavy (non-hydrogen) atoms. The molecule has 1 aliphatic rings. The van der Waals surface area contributed by atoms with E-state index in [0.717, 1.165) is 61.8 Å². The molecule has 0 atom stereocenters. The summed E-state index contributed by atoms with van der Waals surface area (Å²) in [5, 5.41) is 0. The van der Waals surface area contributed by atoms with Gasteiger partial charge < -0.3 is 37.9 Å². The van der Waals surface area contributed by atoms with Crippen molar-refractivity contribution < 1.29 is 42.7 Å². The molecule has 8 bridgehead atoms. The van der Waals surface area contributed by atoms with Crippen LogP contribution in [0.4, 0.5) is 0 Å². The molecule has 4 aromatic rings. The molecule has 9 heteroatoms. The van der Waals surface area contributed by atoms with Gasteiger partial charge in [-0.1, -0.05) is 54.6 Å². The van der Waals surface area contributed by atoms with Gasteiger partial charge >= 0.3 is 0 Å². The Morgan fingerprint density at radius 3 is 1.00 bits per heavy atom. The van der Waals surface area contributed by atoms with Crippen molar-refractivity contribution in [2.75, 3.05) is 79.3 Å². The van der Waals surface area contributed by atoms with Gasteiger partial charge in [-0.2, -0.15) is 0 Å². The van der Waals surface area contributed by atoms with E-state index in [2.05, 4.69) is 48.4 Å². The SMILES string of the molecule is C#CC(=O)c1cc2c(OCCOCC)c(c1)Cc1cccc(c1OCCOCC)Cc1cccc(c1OCCOCC)Cc1cccc(c1OCCOCC)C2. The van der Waals surface area contributed by atoms with Gasteiger partial charge in [-0.05, 0) is 90.3 Å². The lowest BCUT2D eigenvalue weighted by Crippen LogP contribution is -2.14. The number of ketones is 1. The number of carbonyl (C=O) groups is 1. The number of fused-ring (bicyclic) bond motifs is 8. The van der Waals surface area contributed by atoms with Crippen molar-refractivity contribution in [3.05, 3.63) is 117 Å². The van der Waals surface area contributed by atoms with Gasteiger partial charge in [0, 0.05) is 57.7 Å². The van der Waals surface area contributed by atoms with E-state index in [1.54, 1.807) is 0 Å². The van der Waals surface area contributed by atoms with Crippen LogP contribution < -0.4 is 18.9 Å². The third-order valence-corrected chi connectivity index (χ3v) is 9.41. The number of hydrogen-bond donors (Lipinski definition) is 0. The summed E-state index contributed by atoms with van der Waals surface area (Å²) in [6, 6.07) is 22.4. The zero-order valence-electron chi connectivity index (χ0n) is 33.4. The van der Waals surface area contributed by atoms with Crippen molar-refractivity contribution >= 4 is 5.78 Å². The Morgan fingerprint density at radius 2 is 0.732 bits per heavy atom. The second-order valence-corrected chi connectivity index (χ2v) is 13.2. The zero-order valence-corrected chi connectivity index (χ0v) is 33.4. The minimum atomic E-state index is -0.401. The van der Waals surface area contributed by atoms with Gasteiger partial charge in [-0.3, -0.25) is 4.79 Å². The van der Waals surface area contributed by atoms with Crippen LogP contribution in [0, 0.1) is 12.3 Å². The van der Waals surface area contributed by atoms with Gasteiger partial charge in [0.05, 0.1) is 26.4 Å². The molecule has 0 N–H and O–H groups in total. The van der Waals surface area contributed by atoms with Crippen LogP contribution in [0.1, 0.15) is 82.6 Å². The molecule has 0 unspecified atom stereocenters. The number of Topliss-reactive ketones (excluding diaryl/α,β-unsaturated/α-hetero) is 1. The standard InChI is InChI=1S/C47H56O9/c1-6-43(48)40-32-41-30-38-18-12-16-36(45(38)54-25-21-50-8-3)28-34-14-11-15-35(44(34)53-24-20-49-7-2)29-37-17-13-19-39(46(37)55-26-22-51-9-4)31-42(33-40)47(41)56-27-23-52-10-5/h1,11-19,32-33H,7-10,20-31H2,2-5H3. The molecule has 5 rings (SSSR count). The van der Waals surface area contributed by atoms with Crippen LogP contribution in [0.25, 0.3) is 0 Å². The Hall–Kier alpha value is -4.85.